The highest BCUT2D eigenvalue weighted by molar-refractivity contribution is 5.88. The Bertz CT molecular complexity index is 664. The van der Waals surface area contributed by atoms with E-state index in [1.54, 1.807) is 16.6 Å². The van der Waals surface area contributed by atoms with E-state index in [0.717, 1.165) is 17.3 Å². The summed E-state index contributed by atoms with van der Waals surface area (Å²) in [5.74, 6) is 2.11. The van der Waals surface area contributed by atoms with E-state index in [0.29, 0.717) is 19.1 Å². The molecule has 0 bridgehead atoms. The number of carbonyl (C=O) groups is 1. The standard InChI is InChI=1S/C17H22N4O2/c1-20(10-11-23-14-6-4-3-5-7-14)17(22)18-16-12-15(13-8-9-13)19-21(16)2/h3-7,12-13H,8-11H2,1-2H3,(H,18,22). The van der Waals surface area contributed by atoms with Crippen molar-refractivity contribution in [1.82, 2.24) is 14.7 Å². The molecular weight excluding hydrogens is 292 g/mol. The topological polar surface area (TPSA) is 59.4 Å². The number of urea groups is 1. The number of aryl methyl sites for hydroxylation is 1. The second-order valence-electron chi connectivity index (χ2n) is 5.87. The van der Waals surface area contributed by atoms with Crippen LogP contribution < -0.4 is 10.1 Å². The molecule has 23 heavy (non-hydrogen) atoms. The molecular formula is C17H22N4O2. The van der Waals surface area contributed by atoms with Crippen molar-refractivity contribution in [2.24, 2.45) is 7.05 Å². The van der Waals surface area contributed by atoms with Crippen molar-refractivity contribution in [1.29, 1.82) is 0 Å². The zero-order valence-electron chi connectivity index (χ0n) is 13.5. The van der Waals surface area contributed by atoms with Gasteiger partial charge in [-0.2, -0.15) is 5.10 Å². The molecule has 2 aromatic rings. The fraction of sp³-hybridized carbons (Fsp3) is 0.412. The molecule has 1 heterocycles. The molecule has 0 saturated heterocycles. The third-order valence-electron chi connectivity index (χ3n) is 3.91. The SMILES string of the molecule is CN(CCOc1ccccc1)C(=O)Nc1cc(C2CC2)nn1C. The Balaban J connectivity index is 1.47. The number of amides is 2. The minimum Gasteiger partial charge on any atom is -0.492 e. The molecule has 0 radical (unpaired) electrons. The maximum absolute atomic E-state index is 12.2. The number of nitrogens with zero attached hydrogens (tertiary/aromatic N) is 3. The summed E-state index contributed by atoms with van der Waals surface area (Å²) in [5, 5.41) is 7.34. The molecule has 2 amide bonds. The molecule has 1 aromatic carbocycles. The second kappa shape index (κ2) is 6.73. The predicted molar refractivity (Wildman–Crippen MR) is 88.8 cm³/mol. The highest BCUT2D eigenvalue weighted by Crippen LogP contribution is 2.39. The van der Waals surface area contributed by atoms with Crippen molar-refractivity contribution in [3.8, 4) is 5.75 Å². The number of likely N-dealkylation sites (N-methyl/N-ethyl adjacent to an activating group) is 1. The zero-order valence-corrected chi connectivity index (χ0v) is 13.5. The van der Waals surface area contributed by atoms with E-state index < -0.39 is 0 Å². The minimum atomic E-state index is -0.160. The number of nitrogens with one attached hydrogen (secondary N) is 1. The summed E-state index contributed by atoms with van der Waals surface area (Å²) in [4.78, 5) is 13.8. The van der Waals surface area contributed by atoms with Gasteiger partial charge in [0.1, 0.15) is 18.2 Å². The van der Waals surface area contributed by atoms with Crippen LogP contribution in [0.5, 0.6) is 5.75 Å². The molecule has 1 saturated carbocycles. The number of hydrogen-bond acceptors (Lipinski definition) is 3. The Morgan fingerprint density at radius 3 is 2.83 bits per heavy atom. The molecule has 1 aliphatic carbocycles. The van der Waals surface area contributed by atoms with Crippen molar-refractivity contribution < 1.29 is 9.53 Å². The fourth-order valence-corrected chi connectivity index (χ4v) is 2.31. The minimum absolute atomic E-state index is 0.160. The van der Waals surface area contributed by atoms with Gasteiger partial charge in [0.05, 0.1) is 12.2 Å². The summed E-state index contributed by atoms with van der Waals surface area (Å²) in [6.07, 6.45) is 2.39. The van der Waals surface area contributed by atoms with E-state index in [9.17, 15) is 4.79 Å². The Morgan fingerprint density at radius 2 is 2.13 bits per heavy atom. The maximum atomic E-state index is 12.2. The molecule has 1 aromatic heterocycles. The van der Waals surface area contributed by atoms with Crippen LogP contribution in [0, 0.1) is 0 Å². The van der Waals surface area contributed by atoms with E-state index >= 15 is 0 Å². The lowest BCUT2D eigenvalue weighted by molar-refractivity contribution is 0.207. The van der Waals surface area contributed by atoms with Crippen molar-refractivity contribution in [2.75, 3.05) is 25.5 Å². The highest BCUT2D eigenvalue weighted by Gasteiger charge is 2.27. The molecule has 1 N–H and O–H groups in total. The fourth-order valence-electron chi connectivity index (χ4n) is 2.31. The Morgan fingerprint density at radius 1 is 1.39 bits per heavy atom. The van der Waals surface area contributed by atoms with E-state index in [1.165, 1.54) is 12.8 Å². The van der Waals surface area contributed by atoms with Crippen LogP contribution in [0.3, 0.4) is 0 Å². The predicted octanol–water partition coefficient (Wildman–Crippen LogP) is 2.84. The van der Waals surface area contributed by atoms with Crippen LogP contribution in [0.15, 0.2) is 36.4 Å². The van der Waals surface area contributed by atoms with Crippen LogP contribution in [0.25, 0.3) is 0 Å². The number of para-hydroxylation sites is 1. The quantitative estimate of drug-likeness (QED) is 0.892. The maximum Gasteiger partial charge on any atom is 0.322 e. The first kappa shape index (κ1) is 15.4. The van der Waals surface area contributed by atoms with Crippen LogP contribution >= 0.6 is 0 Å². The second-order valence-corrected chi connectivity index (χ2v) is 5.87. The van der Waals surface area contributed by atoms with Gasteiger partial charge in [-0.15, -0.1) is 0 Å². The number of aromatic nitrogens is 2. The molecule has 6 nitrogen and oxygen atoms in total. The van der Waals surface area contributed by atoms with Crippen LogP contribution in [0.2, 0.25) is 0 Å². The largest absolute Gasteiger partial charge is 0.492 e. The summed E-state index contributed by atoms with van der Waals surface area (Å²) in [7, 11) is 3.60. The van der Waals surface area contributed by atoms with Crippen molar-refractivity contribution in [3.05, 3.63) is 42.1 Å². The van der Waals surface area contributed by atoms with Crippen LogP contribution in [-0.4, -0.2) is 40.9 Å². The number of anilines is 1. The van der Waals surface area contributed by atoms with Gasteiger partial charge in [0.15, 0.2) is 0 Å². The van der Waals surface area contributed by atoms with Crippen LogP contribution in [-0.2, 0) is 7.05 Å². The lowest BCUT2D eigenvalue weighted by Crippen LogP contribution is -2.35. The van der Waals surface area contributed by atoms with Gasteiger partial charge in [-0.05, 0) is 25.0 Å². The van der Waals surface area contributed by atoms with Gasteiger partial charge in [-0.25, -0.2) is 4.79 Å². The Kier molecular flexibility index (Phi) is 4.50. The third-order valence-corrected chi connectivity index (χ3v) is 3.91. The van der Waals surface area contributed by atoms with Gasteiger partial charge in [0.2, 0.25) is 0 Å². The molecule has 3 rings (SSSR count). The summed E-state index contributed by atoms with van der Waals surface area (Å²) in [6, 6.07) is 11.4. The van der Waals surface area contributed by atoms with Gasteiger partial charge in [-0.1, -0.05) is 18.2 Å². The number of hydrogen-bond donors (Lipinski definition) is 1. The number of rotatable bonds is 6. The number of ether oxygens (including phenoxy) is 1. The highest BCUT2D eigenvalue weighted by atomic mass is 16.5. The number of carbonyl (C=O) groups excluding carboxylic acids is 1. The molecule has 0 atom stereocenters. The monoisotopic (exact) mass is 314 g/mol. The average molecular weight is 314 g/mol. The van der Waals surface area contributed by atoms with Gasteiger partial charge in [0.25, 0.3) is 0 Å². The van der Waals surface area contributed by atoms with Crippen molar-refractivity contribution in [3.63, 3.8) is 0 Å². The molecule has 0 aliphatic heterocycles. The third kappa shape index (κ3) is 4.03. The molecule has 0 spiro atoms. The normalized spacial score (nSPS) is 13.7. The first-order valence-corrected chi connectivity index (χ1v) is 7.87. The average Bonchev–Trinajstić information content (AvgIpc) is 3.33. The van der Waals surface area contributed by atoms with Crippen molar-refractivity contribution >= 4 is 11.8 Å². The molecule has 0 unspecified atom stereocenters. The van der Waals surface area contributed by atoms with Crippen LogP contribution in [0.4, 0.5) is 10.6 Å². The smallest absolute Gasteiger partial charge is 0.322 e. The first-order chi connectivity index (χ1) is 11.1. The number of benzene rings is 1. The zero-order chi connectivity index (χ0) is 16.2. The summed E-state index contributed by atoms with van der Waals surface area (Å²) < 4.78 is 7.33. The molecule has 1 aliphatic rings. The van der Waals surface area contributed by atoms with E-state index in [4.69, 9.17) is 4.74 Å². The lowest BCUT2D eigenvalue weighted by atomic mass is 10.3. The summed E-state index contributed by atoms with van der Waals surface area (Å²) >= 11 is 0. The van der Waals surface area contributed by atoms with Crippen LogP contribution in [0.1, 0.15) is 24.5 Å². The van der Waals surface area contributed by atoms with Gasteiger partial charge < -0.3 is 9.64 Å². The van der Waals surface area contributed by atoms with Gasteiger partial charge >= 0.3 is 6.03 Å². The molecule has 122 valence electrons. The lowest BCUT2D eigenvalue weighted by Gasteiger charge is -2.18. The van der Waals surface area contributed by atoms with Crippen molar-refractivity contribution in [2.45, 2.75) is 18.8 Å². The Labute approximate surface area is 136 Å². The first-order valence-electron chi connectivity index (χ1n) is 7.87. The van der Waals surface area contributed by atoms with Gasteiger partial charge in [-0.3, -0.25) is 10.00 Å². The van der Waals surface area contributed by atoms with E-state index in [2.05, 4.69) is 10.4 Å². The van der Waals surface area contributed by atoms with E-state index in [1.807, 2.05) is 43.4 Å². The van der Waals surface area contributed by atoms with Gasteiger partial charge in [0, 0.05) is 26.1 Å². The molecule has 6 heteroatoms. The van der Waals surface area contributed by atoms with E-state index in [-0.39, 0.29) is 6.03 Å². The summed E-state index contributed by atoms with van der Waals surface area (Å²) in [6.45, 7) is 0.959. The Hall–Kier alpha value is -2.50. The molecule has 1 fully saturated rings. The summed E-state index contributed by atoms with van der Waals surface area (Å²) in [5.41, 5.74) is 1.07.